The molecular weight excluding hydrogens is 372 g/mol. The number of carbonyl (C=O) groups is 1. The van der Waals surface area contributed by atoms with Crippen molar-refractivity contribution < 1.29 is 9.53 Å². The minimum Gasteiger partial charge on any atom is -0.497 e. The van der Waals surface area contributed by atoms with E-state index >= 15 is 0 Å². The predicted molar refractivity (Wildman–Crippen MR) is 120 cm³/mol. The van der Waals surface area contributed by atoms with Gasteiger partial charge in [0.15, 0.2) is 0 Å². The Kier molecular flexibility index (Phi) is 6.43. The van der Waals surface area contributed by atoms with Gasteiger partial charge in [0, 0.05) is 37.1 Å². The van der Waals surface area contributed by atoms with E-state index in [4.69, 9.17) is 9.72 Å². The van der Waals surface area contributed by atoms with Gasteiger partial charge in [0.1, 0.15) is 5.75 Å². The maximum atomic E-state index is 12.4. The summed E-state index contributed by atoms with van der Waals surface area (Å²) < 4.78 is 5.30. The van der Waals surface area contributed by atoms with Gasteiger partial charge in [-0.2, -0.15) is 0 Å². The molecule has 0 radical (unpaired) electrons. The molecule has 4 rings (SSSR count). The number of benzene rings is 2. The summed E-state index contributed by atoms with van der Waals surface area (Å²) in [5, 5.41) is 0. The van der Waals surface area contributed by atoms with Gasteiger partial charge in [-0.25, -0.2) is 0 Å². The van der Waals surface area contributed by atoms with Crippen molar-refractivity contribution in [1.29, 1.82) is 0 Å². The molecule has 3 aromatic rings. The molecule has 0 spiro atoms. The van der Waals surface area contributed by atoms with Crippen LogP contribution in [0.15, 0.2) is 66.7 Å². The second kappa shape index (κ2) is 9.57. The molecule has 154 valence electrons. The van der Waals surface area contributed by atoms with Crippen LogP contribution in [0.2, 0.25) is 0 Å². The zero-order valence-corrected chi connectivity index (χ0v) is 17.5. The number of hydrogen-bond donors (Lipinski definition) is 0. The van der Waals surface area contributed by atoms with E-state index in [0.717, 1.165) is 66.1 Å². The SMILES string of the molecule is COc1ccc(-c2ccc(-c3ccccc3)nc2CCN2CCCCCC2=O)cc1. The Morgan fingerprint density at radius 3 is 2.47 bits per heavy atom. The molecule has 1 aromatic heterocycles. The van der Waals surface area contributed by atoms with Gasteiger partial charge >= 0.3 is 0 Å². The first kappa shape index (κ1) is 20.1. The minimum absolute atomic E-state index is 0.276. The molecule has 0 saturated carbocycles. The maximum absolute atomic E-state index is 12.4. The van der Waals surface area contributed by atoms with Gasteiger partial charge in [-0.1, -0.05) is 55.0 Å². The van der Waals surface area contributed by atoms with Crippen molar-refractivity contribution in [3.63, 3.8) is 0 Å². The predicted octanol–water partition coefficient (Wildman–Crippen LogP) is 5.37. The van der Waals surface area contributed by atoms with Crippen LogP contribution in [0.5, 0.6) is 5.75 Å². The lowest BCUT2D eigenvalue weighted by molar-refractivity contribution is -0.130. The van der Waals surface area contributed by atoms with Crippen LogP contribution in [0.3, 0.4) is 0 Å². The normalized spacial score (nSPS) is 14.4. The molecule has 30 heavy (non-hydrogen) atoms. The Morgan fingerprint density at radius 1 is 0.900 bits per heavy atom. The van der Waals surface area contributed by atoms with Crippen LogP contribution >= 0.6 is 0 Å². The van der Waals surface area contributed by atoms with Crippen LogP contribution in [-0.4, -0.2) is 36.0 Å². The minimum atomic E-state index is 0.276. The number of hydrogen-bond acceptors (Lipinski definition) is 3. The number of aromatic nitrogens is 1. The first-order valence-electron chi connectivity index (χ1n) is 10.7. The molecule has 1 aliphatic rings. The van der Waals surface area contributed by atoms with Crippen molar-refractivity contribution >= 4 is 5.91 Å². The van der Waals surface area contributed by atoms with Crippen molar-refractivity contribution in [3.8, 4) is 28.1 Å². The lowest BCUT2D eigenvalue weighted by Gasteiger charge is -2.21. The highest BCUT2D eigenvalue weighted by atomic mass is 16.5. The van der Waals surface area contributed by atoms with Crippen LogP contribution in [0.1, 0.15) is 31.4 Å². The van der Waals surface area contributed by atoms with E-state index in [1.165, 1.54) is 0 Å². The topological polar surface area (TPSA) is 42.4 Å². The fourth-order valence-corrected chi connectivity index (χ4v) is 4.01. The summed E-state index contributed by atoms with van der Waals surface area (Å²) in [5.74, 6) is 1.11. The Hall–Kier alpha value is -3.14. The molecule has 1 fully saturated rings. The molecule has 1 aliphatic heterocycles. The Labute approximate surface area is 178 Å². The number of methoxy groups -OCH3 is 1. The average Bonchev–Trinajstić information content (AvgIpc) is 3.02. The van der Waals surface area contributed by atoms with Crippen molar-refractivity contribution in [2.24, 2.45) is 0 Å². The standard InChI is InChI=1S/C26H28N2O2/c1-30-22-13-11-20(12-14-22)23-15-16-24(21-8-4-2-5-9-21)27-25(23)17-19-28-18-7-3-6-10-26(28)29/h2,4-5,8-9,11-16H,3,6-7,10,17-19H2,1H3. The van der Waals surface area contributed by atoms with E-state index in [1.807, 2.05) is 35.2 Å². The molecule has 4 heteroatoms. The molecule has 1 amide bonds. The van der Waals surface area contributed by atoms with Gasteiger partial charge in [-0.3, -0.25) is 9.78 Å². The zero-order chi connectivity index (χ0) is 20.8. The summed E-state index contributed by atoms with van der Waals surface area (Å²) in [4.78, 5) is 19.5. The van der Waals surface area contributed by atoms with Gasteiger partial charge in [0.25, 0.3) is 0 Å². The summed E-state index contributed by atoms with van der Waals surface area (Å²) in [6, 6.07) is 22.6. The highest BCUT2D eigenvalue weighted by Gasteiger charge is 2.18. The first-order chi connectivity index (χ1) is 14.7. The summed E-state index contributed by atoms with van der Waals surface area (Å²) in [6.45, 7) is 1.57. The second-order valence-corrected chi connectivity index (χ2v) is 7.73. The van der Waals surface area contributed by atoms with Crippen LogP contribution in [0.4, 0.5) is 0 Å². The largest absolute Gasteiger partial charge is 0.497 e. The maximum Gasteiger partial charge on any atom is 0.222 e. The van der Waals surface area contributed by atoms with Crippen molar-refractivity contribution in [1.82, 2.24) is 9.88 Å². The fourth-order valence-electron chi connectivity index (χ4n) is 4.01. The van der Waals surface area contributed by atoms with Crippen LogP contribution < -0.4 is 4.74 Å². The molecule has 1 saturated heterocycles. The second-order valence-electron chi connectivity index (χ2n) is 7.73. The lowest BCUT2D eigenvalue weighted by Crippen LogP contribution is -2.32. The highest BCUT2D eigenvalue weighted by Crippen LogP contribution is 2.28. The number of pyridine rings is 1. The quantitative estimate of drug-likeness (QED) is 0.559. The summed E-state index contributed by atoms with van der Waals surface area (Å²) in [6.07, 6.45) is 4.65. The molecule has 0 unspecified atom stereocenters. The third-order valence-corrected chi connectivity index (χ3v) is 5.73. The third kappa shape index (κ3) is 4.70. The van der Waals surface area contributed by atoms with Crippen molar-refractivity contribution in [2.75, 3.05) is 20.2 Å². The third-order valence-electron chi connectivity index (χ3n) is 5.73. The monoisotopic (exact) mass is 400 g/mol. The van der Waals surface area contributed by atoms with Crippen LogP contribution in [0.25, 0.3) is 22.4 Å². The summed E-state index contributed by atoms with van der Waals surface area (Å²) in [7, 11) is 1.68. The number of ether oxygens (including phenoxy) is 1. The number of amides is 1. The number of rotatable bonds is 6. The van der Waals surface area contributed by atoms with Crippen molar-refractivity contribution in [2.45, 2.75) is 32.1 Å². The molecule has 0 N–H and O–H groups in total. The van der Waals surface area contributed by atoms with E-state index in [2.05, 4.69) is 36.4 Å². The zero-order valence-electron chi connectivity index (χ0n) is 17.5. The Bertz CT molecular complexity index is 984. The van der Waals surface area contributed by atoms with Crippen LogP contribution in [-0.2, 0) is 11.2 Å². The van der Waals surface area contributed by atoms with E-state index < -0.39 is 0 Å². The van der Waals surface area contributed by atoms with Gasteiger partial charge in [0.05, 0.1) is 18.5 Å². The molecule has 0 atom stereocenters. The highest BCUT2D eigenvalue weighted by molar-refractivity contribution is 5.76. The number of nitrogens with zero attached hydrogens (tertiary/aromatic N) is 2. The van der Waals surface area contributed by atoms with E-state index in [1.54, 1.807) is 7.11 Å². The van der Waals surface area contributed by atoms with E-state index in [9.17, 15) is 4.79 Å². The van der Waals surface area contributed by atoms with Gasteiger partial charge in [0.2, 0.25) is 5.91 Å². The molecule has 0 bridgehead atoms. The summed E-state index contributed by atoms with van der Waals surface area (Å²) in [5.41, 5.74) is 5.31. The number of carbonyl (C=O) groups excluding carboxylic acids is 1. The summed E-state index contributed by atoms with van der Waals surface area (Å²) >= 11 is 0. The Morgan fingerprint density at radius 2 is 1.70 bits per heavy atom. The van der Waals surface area contributed by atoms with E-state index in [0.29, 0.717) is 13.0 Å². The number of likely N-dealkylation sites (tertiary alicyclic amines) is 1. The molecular formula is C26H28N2O2. The van der Waals surface area contributed by atoms with Crippen molar-refractivity contribution in [3.05, 3.63) is 72.4 Å². The fraction of sp³-hybridized carbons (Fsp3) is 0.308. The first-order valence-corrected chi connectivity index (χ1v) is 10.7. The van der Waals surface area contributed by atoms with Gasteiger partial charge < -0.3 is 9.64 Å². The Balaban J connectivity index is 1.65. The molecule has 2 aromatic carbocycles. The molecule has 4 nitrogen and oxygen atoms in total. The van der Waals surface area contributed by atoms with Gasteiger partial charge in [-0.15, -0.1) is 0 Å². The smallest absolute Gasteiger partial charge is 0.222 e. The molecule has 0 aliphatic carbocycles. The average molecular weight is 401 g/mol. The van der Waals surface area contributed by atoms with E-state index in [-0.39, 0.29) is 5.91 Å². The molecule has 2 heterocycles. The lowest BCUT2D eigenvalue weighted by atomic mass is 10.00. The van der Waals surface area contributed by atoms with Crippen LogP contribution in [0, 0.1) is 0 Å². The van der Waals surface area contributed by atoms with Gasteiger partial charge in [-0.05, 0) is 36.6 Å².